The molecule has 4 heterocycles. The van der Waals surface area contributed by atoms with Crippen molar-refractivity contribution in [2.45, 2.75) is 45.7 Å². The Bertz CT molecular complexity index is 1460. The van der Waals surface area contributed by atoms with Crippen LogP contribution in [0.2, 0.25) is 0 Å². The van der Waals surface area contributed by atoms with Crippen molar-refractivity contribution in [3.8, 4) is 17.2 Å². The second-order valence-corrected chi connectivity index (χ2v) is 10.3. The fraction of sp³-hybridized carbons (Fsp3) is 0.267. The van der Waals surface area contributed by atoms with Gasteiger partial charge in [-0.25, -0.2) is 0 Å². The highest BCUT2D eigenvalue weighted by Crippen LogP contribution is 2.44. The quantitative estimate of drug-likeness (QED) is 0.309. The molecule has 0 bridgehead atoms. The van der Waals surface area contributed by atoms with Gasteiger partial charge < -0.3 is 24.3 Å². The SMILES string of the molecule is Cc1cc([C@H]2[C@@H](c3ccccn3)NC(=S)N2c2ccc(C(C)C)cc2)c(C)n1-c1ccc2c(c1)OCO2. The Balaban J connectivity index is 1.48. The van der Waals surface area contributed by atoms with Crippen molar-refractivity contribution in [2.24, 2.45) is 0 Å². The van der Waals surface area contributed by atoms with Crippen LogP contribution in [0.3, 0.4) is 0 Å². The van der Waals surface area contributed by atoms with Gasteiger partial charge in [0.25, 0.3) is 0 Å². The van der Waals surface area contributed by atoms with E-state index in [0.717, 1.165) is 40.0 Å². The first-order valence-corrected chi connectivity index (χ1v) is 13.0. The summed E-state index contributed by atoms with van der Waals surface area (Å²) in [5, 5.41) is 4.28. The molecule has 6 nitrogen and oxygen atoms in total. The molecule has 4 aromatic rings. The van der Waals surface area contributed by atoms with Gasteiger partial charge in [-0.2, -0.15) is 0 Å². The van der Waals surface area contributed by atoms with Crippen LogP contribution in [0.15, 0.2) is 72.9 Å². The molecule has 0 amide bonds. The zero-order valence-electron chi connectivity index (χ0n) is 21.4. The van der Waals surface area contributed by atoms with Crippen LogP contribution in [0.25, 0.3) is 5.69 Å². The Morgan fingerprint density at radius 1 is 0.946 bits per heavy atom. The fourth-order valence-corrected chi connectivity index (χ4v) is 5.82. The van der Waals surface area contributed by atoms with E-state index in [2.05, 4.69) is 84.9 Å². The maximum absolute atomic E-state index is 5.94. The van der Waals surface area contributed by atoms with E-state index in [-0.39, 0.29) is 18.9 Å². The van der Waals surface area contributed by atoms with Crippen molar-refractivity contribution in [2.75, 3.05) is 11.7 Å². The minimum Gasteiger partial charge on any atom is -0.454 e. The second-order valence-electron chi connectivity index (χ2n) is 9.94. The first kappa shape index (κ1) is 23.6. The van der Waals surface area contributed by atoms with Crippen molar-refractivity contribution in [1.82, 2.24) is 14.9 Å². The van der Waals surface area contributed by atoms with E-state index >= 15 is 0 Å². The van der Waals surface area contributed by atoms with Gasteiger partial charge in [0.1, 0.15) is 0 Å². The highest BCUT2D eigenvalue weighted by molar-refractivity contribution is 7.80. The van der Waals surface area contributed by atoms with E-state index in [1.54, 1.807) is 0 Å². The van der Waals surface area contributed by atoms with Crippen LogP contribution in [0.1, 0.15) is 60.1 Å². The Morgan fingerprint density at radius 3 is 2.43 bits per heavy atom. The Labute approximate surface area is 222 Å². The number of thiocarbonyl (C=S) groups is 1. The topological polar surface area (TPSA) is 51.6 Å². The maximum Gasteiger partial charge on any atom is 0.231 e. The molecule has 1 saturated heterocycles. The molecule has 0 unspecified atom stereocenters. The normalized spacial score (nSPS) is 18.5. The summed E-state index contributed by atoms with van der Waals surface area (Å²) in [5.41, 5.74) is 7.87. The van der Waals surface area contributed by atoms with E-state index in [4.69, 9.17) is 26.7 Å². The minimum atomic E-state index is -0.0934. The van der Waals surface area contributed by atoms with Gasteiger partial charge in [0.2, 0.25) is 6.79 Å². The Hall–Kier alpha value is -3.84. The maximum atomic E-state index is 5.94. The van der Waals surface area contributed by atoms with Crippen LogP contribution in [-0.2, 0) is 0 Å². The smallest absolute Gasteiger partial charge is 0.231 e. The number of rotatable bonds is 5. The summed E-state index contributed by atoms with van der Waals surface area (Å²) in [6.45, 7) is 8.99. The molecule has 2 atom stereocenters. The van der Waals surface area contributed by atoms with Crippen molar-refractivity contribution in [3.63, 3.8) is 0 Å². The summed E-state index contributed by atoms with van der Waals surface area (Å²) >= 11 is 5.94. The molecule has 0 radical (unpaired) electrons. The third-order valence-electron chi connectivity index (χ3n) is 7.34. The first-order chi connectivity index (χ1) is 17.9. The van der Waals surface area contributed by atoms with E-state index in [1.807, 2.05) is 30.5 Å². The minimum absolute atomic E-state index is 0.0683. The molecular weight excluding hydrogens is 480 g/mol. The lowest BCUT2D eigenvalue weighted by atomic mass is 9.96. The molecule has 0 aliphatic carbocycles. The van der Waals surface area contributed by atoms with Crippen LogP contribution in [0, 0.1) is 13.8 Å². The van der Waals surface area contributed by atoms with Gasteiger partial charge in [-0.3, -0.25) is 4.98 Å². The number of hydrogen-bond acceptors (Lipinski definition) is 4. The molecule has 2 aliphatic rings. The molecule has 2 aliphatic heterocycles. The molecule has 2 aromatic heterocycles. The number of hydrogen-bond donors (Lipinski definition) is 1. The molecule has 0 saturated carbocycles. The molecule has 188 valence electrons. The van der Waals surface area contributed by atoms with E-state index in [9.17, 15) is 0 Å². The third kappa shape index (κ3) is 4.03. The molecule has 1 fully saturated rings. The number of aryl methyl sites for hydroxylation is 1. The van der Waals surface area contributed by atoms with Gasteiger partial charge in [-0.1, -0.05) is 32.0 Å². The number of nitrogens with one attached hydrogen (secondary N) is 1. The average molecular weight is 511 g/mol. The van der Waals surface area contributed by atoms with E-state index < -0.39 is 0 Å². The Morgan fingerprint density at radius 2 is 1.70 bits per heavy atom. The zero-order chi connectivity index (χ0) is 25.7. The summed E-state index contributed by atoms with van der Waals surface area (Å²) < 4.78 is 13.5. The summed E-state index contributed by atoms with van der Waals surface area (Å²) in [7, 11) is 0. The number of benzene rings is 2. The largest absolute Gasteiger partial charge is 0.454 e. The monoisotopic (exact) mass is 510 g/mol. The van der Waals surface area contributed by atoms with Gasteiger partial charge in [0, 0.05) is 35.0 Å². The molecule has 37 heavy (non-hydrogen) atoms. The van der Waals surface area contributed by atoms with Crippen molar-refractivity contribution in [3.05, 3.63) is 101 Å². The third-order valence-corrected chi connectivity index (χ3v) is 7.65. The predicted octanol–water partition coefficient (Wildman–Crippen LogP) is 6.52. The van der Waals surface area contributed by atoms with Gasteiger partial charge in [0.15, 0.2) is 16.6 Å². The predicted molar refractivity (Wildman–Crippen MR) is 150 cm³/mol. The standard InChI is InChI=1S/C30H30N4O2S/c1-18(2)21-8-10-22(11-9-21)34-29(28(32-30(34)37)25-7-5-6-14-31-25)24-15-19(3)33(20(24)4)23-12-13-26-27(16-23)36-17-35-26/h5-16,18,28-29H,17H2,1-4H3,(H,32,37)/t28-,29+/m1/s1. The van der Waals surface area contributed by atoms with Gasteiger partial charge >= 0.3 is 0 Å². The summed E-state index contributed by atoms with van der Waals surface area (Å²) in [5.74, 6) is 2.02. The van der Waals surface area contributed by atoms with Crippen molar-refractivity contribution >= 4 is 23.0 Å². The van der Waals surface area contributed by atoms with Crippen molar-refractivity contribution in [1.29, 1.82) is 0 Å². The van der Waals surface area contributed by atoms with Crippen LogP contribution in [-0.4, -0.2) is 21.5 Å². The van der Waals surface area contributed by atoms with Crippen molar-refractivity contribution < 1.29 is 9.47 Å². The van der Waals surface area contributed by atoms with E-state index in [0.29, 0.717) is 11.0 Å². The number of anilines is 1. The van der Waals surface area contributed by atoms with Gasteiger partial charge in [0.05, 0.1) is 17.8 Å². The molecule has 6 rings (SSSR count). The van der Waals surface area contributed by atoms with Crippen LogP contribution in [0.5, 0.6) is 11.5 Å². The molecule has 2 aromatic carbocycles. The molecule has 7 heteroatoms. The number of pyridine rings is 1. The average Bonchev–Trinajstić information content (AvgIpc) is 3.59. The number of nitrogens with zero attached hydrogens (tertiary/aromatic N) is 3. The number of fused-ring (bicyclic) bond motifs is 1. The first-order valence-electron chi connectivity index (χ1n) is 12.6. The second kappa shape index (κ2) is 9.23. The van der Waals surface area contributed by atoms with Gasteiger partial charge in [-0.15, -0.1) is 0 Å². The lowest BCUT2D eigenvalue weighted by Crippen LogP contribution is -2.29. The van der Waals surface area contributed by atoms with E-state index in [1.165, 1.54) is 11.1 Å². The highest BCUT2D eigenvalue weighted by Gasteiger charge is 2.42. The zero-order valence-corrected chi connectivity index (χ0v) is 22.3. The van der Waals surface area contributed by atoms with Crippen LogP contribution < -0.4 is 19.7 Å². The molecule has 1 N–H and O–H groups in total. The Kier molecular flexibility index (Phi) is 5.88. The number of ether oxygens (including phenoxy) is 2. The fourth-order valence-electron chi connectivity index (χ4n) is 5.48. The lowest BCUT2D eigenvalue weighted by molar-refractivity contribution is 0.174. The lowest BCUT2D eigenvalue weighted by Gasteiger charge is -2.28. The van der Waals surface area contributed by atoms with Crippen LogP contribution in [0.4, 0.5) is 5.69 Å². The van der Waals surface area contributed by atoms with Crippen LogP contribution >= 0.6 is 12.2 Å². The number of aromatic nitrogens is 2. The summed E-state index contributed by atoms with van der Waals surface area (Å²) in [6, 6.07) is 23.0. The van der Waals surface area contributed by atoms with Gasteiger partial charge in [-0.05, 0) is 85.6 Å². The summed E-state index contributed by atoms with van der Waals surface area (Å²) in [6.07, 6.45) is 1.84. The molecular formula is C30H30N4O2S. The highest BCUT2D eigenvalue weighted by atomic mass is 32.1. The summed E-state index contributed by atoms with van der Waals surface area (Å²) in [4.78, 5) is 6.95. The molecule has 0 spiro atoms.